The van der Waals surface area contributed by atoms with E-state index in [0.717, 1.165) is 6.61 Å². The van der Waals surface area contributed by atoms with Gasteiger partial charge >= 0.3 is 5.97 Å². The van der Waals surface area contributed by atoms with Crippen molar-refractivity contribution in [2.45, 2.75) is 27.2 Å². The van der Waals surface area contributed by atoms with Crippen LogP contribution in [0.5, 0.6) is 0 Å². The Balaban J connectivity index is 3.05. The van der Waals surface area contributed by atoms with Gasteiger partial charge in [-0.15, -0.1) is 0 Å². The van der Waals surface area contributed by atoms with Crippen molar-refractivity contribution >= 4 is 5.97 Å². The number of hydrogen-bond donors (Lipinski definition) is 1. The lowest BCUT2D eigenvalue weighted by Crippen LogP contribution is -2.17. The van der Waals surface area contributed by atoms with E-state index in [1.807, 2.05) is 0 Å². The van der Waals surface area contributed by atoms with Crippen LogP contribution in [0.2, 0.25) is 0 Å². The molecule has 6 heteroatoms. The van der Waals surface area contributed by atoms with Gasteiger partial charge in [-0.25, -0.2) is 0 Å². The second kappa shape index (κ2) is 12.1. The molecule has 0 aliphatic rings. The van der Waals surface area contributed by atoms with Crippen LogP contribution in [-0.4, -0.2) is 63.9 Å². The molecule has 0 spiro atoms. The van der Waals surface area contributed by atoms with Crippen LogP contribution >= 0.6 is 0 Å². The van der Waals surface area contributed by atoms with E-state index < -0.39 is 5.97 Å². The van der Waals surface area contributed by atoms with Crippen LogP contribution in [0.4, 0.5) is 0 Å². The number of ether oxygens (including phenoxy) is 4. The third-order valence-electron chi connectivity index (χ3n) is 2.11. The lowest BCUT2D eigenvalue weighted by molar-refractivity contribution is -0.138. The fourth-order valence-corrected chi connectivity index (χ4v) is 1.20. The summed E-state index contributed by atoms with van der Waals surface area (Å²) in [6.07, 6.45) is 0.0255. The Morgan fingerprint density at radius 3 is 1.60 bits per heavy atom. The Kier molecular flexibility index (Phi) is 11.7. The number of carbonyl (C=O) groups is 1. The van der Waals surface area contributed by atoms with Gasteiger partial charge in [-0.3, -0.25) is 4.79 Å². The molecular formula is C14H28O6. The van der Waals surface area contributed by atoms with Crippen LogP contribution in [0.15, 0.2) is 0 Å². The fourth-order valence-electron chi connectivity index (χ4n) is 1.20. The minimum atomic E-state index is -0.854. The molecule has 6 nitrogen and oxygen atoms in total. The first kappa shape index (κ1) is 19.3. The summed E-state index contributed by atoms with van der Waals surface area (Å²) in [5, 5.41) is 8.38. The number of carboxylic acids is 1. The van der Waals surface area contributed by atoms with Crippen molar-refractivity contribution in [3.63, 3.8) is 0 Å². The first-order chi connectivity index (χ1) is 9.42. The van der Waals surface area contributed by atoms with E-state index in [0.29, 0.717) is 39.6 Å². The maximum Gasteiger partial charge on any atom is 0.305 e. The molecule has 0 aromatic carbocycles. The molecule has 0 atom stereocenters. The normalized spacial score (nSPS) is 11.8. The summed E-state index contributed by atoms with van der Waals surface area (Å²) in [4.78, 5) is 10.2. The molecule has 0 aliphatic heterocycles. The molecule has 0 fully saturated rings. The Morgan fingerprint density at radius 1 is 0.800 bits per heavy atom. The van der Waals surface area contributed by atoms with E-state index in [1.165, 1.54) is 0 Å². The molecule has 1 N–H and O–H groups in total. The molecule has 0 saturated heterocycles. The molecule has 0 heterocycles. The van der Waals surface area contributed by atoms with Crippen molar-refractivity contribution in [3.05, 3.63) is 0 Å². The smallest absolute Gasteiger partial charge is 0.305 e. The highest BCUT2D eigenvalue weighted by molar-refractivity contribution is 5.66. The molecular weight excluding hydrogens is 264 g/mol. The average molecular weight is 292 g/mol. The van der Waals surface area contributed by atoms with Crippen LogP contribution in [0.3, 0.4) is 0 Å². The van der Waals surface area contributed by atoms with Crippen LogP contribution < -0.4 is 0 Å². The highest BCUT2D eigenvalue weighted by atomic mass is 16.6. The molecule has 0 amide bonds. The standard InChI is InChI=1S/C14H28O6/c1-14(2,3)12-20-11-10-19-9-8-18-7-6-17-5-4-13(15)16/h4-12H2,1-3H3,(H,15,16). The Labute approximate surface area is 121 Å². The Hall–Kier alpha value is -0.690. The van der Waals surface area contributed by atoms with Crippen molar-refractivity contribution in [3.8, 4) is 0 Å². The van der Waals surface area contributed by atoms with E-state index in [1.54, 1.807) is 0 Å². The zero-order valence-electron chi connectivity index (χ0n) is 12.9. The van der Waals surface area contributed by atoms with Gasteiger partial charge in [0.15, 0.2) is 0 Å². The molecule has 0 aromatic heterocycles. The van der Waals surface area contributed by atoms with Crippen LogP contribution in [0.1, 0.15) is 27.2 Å². The lowest BCUT2D eigenvalue weighted by atomic mass is 9.99. The van der Waals surface area contributed by atoms with Gasteiger partial charge < -0.3 is 24.1 Å². The molecule has 0 unspecified atom stereocenters. The van der Waals surface area contributed by atoms with Crippen molar-refractivity contribution in [2.24, 2.45) is 5.41 Å². The van der Waals surface area contributed by atoms with Gasteiger partial charge in [-0.2, -0.15) is 0 Å². The lowest BCUT2D eigenvalue weighted by Gasteiger charge is -2.17. The number of aliphatic carboxylic acids is 1. The molecule has 0 bridgehead atoms. The van der Waals surface area contributed by atoms with Gasteiger partial charge in [0.25, 0.3) is 0 Å². The third-order valence-corrected chi connectivity index (χ3v) is 2.11. The predicted molar refractivity (Wildman–Crippen MR) is 75.0 cm³/mol. The topological polar surface area (TPSA) is 74.2 Å². The minimum Gasteiger partial charge on any atom is -0.481 e. The van der Waals surface area contributed by atoms with E-state index in [9.17, 15) is 4.79 Å². The summed E-state index contributed by atoms with van der Waals surface area (Å²) in [5.74, 6) is -0.854. The molecule has 0 aromatic rings. The van der Waals surface area contributed by atoms with Crippen molar-refractivity contribution in [2.75, 3.05) is 52.9 Å². The summed E-state index contributed by atoms with van der Waals surface area (Å²) in [7, 11) is 0. The van der Waals surface area contributed by atoms with E-state index in [-0.39, 0.29) is 18.4 Å². The van der Waals surface area contributed by atoms with Crippen LogP contribution in [-0.2, 0) is 23.7 Å². The number of rotatable bonds is 13. The van der Waals surface area contributed by atoms with Crippen molar-refractivity contribution < 1.29 is 28.8 Å². The average Bonchev–Trinajstić information content (AvgIpc) is 2.33. The first-order valence-corrected chi connectivity index (χ1v) is 6.94. The van der Waals surface area contributed by atoms with Crippen molar-refractivity contribution in [1.82, 2.24) is 0 Å². The molecule has 0 saturated carbocycles. The summed E-state index contributed by atoms with van der Waals surface area (Å²) in [6, 6.07) is 0. The van der Waals surface area contributed by atoms with Crippen LogP contribution in [0, 0.1) is 5.41 Å². The van der Waals surface area contributed by atoms with Crippen LogP contribution in [0.25, 0.3) is 0 Å². The first-order valence-electron chi connectivity index (χ1n) is 6.94. The summed E-state index contributed by atoms with van der Waals surface area (Å²) in [6.45, 7) is 10.4. The second-order valence-corrected chi connectivity index (χ2v) is 5.59. The maximum atomic E-state index is 10.2. The Bertz CT molecular complexity index is 236. The van der Waals surface area contributed by atoms with Gasteiger partial charge in [0.05, 0.1) is 59.3 Å². The molecule has 0 rings (SSSR count). The monoisotopic (exact) mass is 292 g/mol. The summed E-state index contributed by atoms with van der Waals surface area (Å²) < 4.78 is 21.1. The fraction of sp³-hybridized carbons (Fsp3) is 0.929. The number of hydrogen-bond acceptors (Lipinski definition) is 5. The predicted octanol–water partition coefficient (Wildman–Crippen LogP) is 1.57. The zero-order chi connectivity index (χ0) is 15.3. The highest BCUT2D eigenvalue weighted by Gasteiger charge is 2.09. The third kappa shape index (κ3) is 17.3. The summed E-state index contributed by atoms with van der Waals surface area (Å²) in [5.41, 5.74) is 0.184. The SMILES string of the molecule is CC(C)(C)COCCOCCOCCOCCC(=O)O. The Morgan fingerprint density at radius 2 is 1.20 bits per heavy atom. The van der Waals surface area contributed by atoms with Gasteiger partial charge in [-0.05, 0) is 5.41 Å². The molecule has 0 aliphatic carbocycles. The highest BCUT2D eigenvalue weighted by Crippen LogP contribution is 2.12. The maximum absolute atomic E-state index is 10.2. The minimum absolute atomic E-state index is 0.0255. The molecule has 20 heavy (non-hydrogen) atoms. The van der Waals surface area contributed by atoms with Gasteiger partial charge in [0.2, 0.25) is 0 Å². The van der Waals surface area contributed by atoms with E-state index >= 15 is 0 Å². The zero-order valence-corrected chi connectivity index (χ0v) is 12.9. The second-order valence-electron chi connectivity index (χ2n) is 5.59. The quantitative estimate of drug-likeness (QED) is 0.519. The van der Waals surface area contributed by atoms with Gasteiger partial charge in [0.1, 0.15) is 0 Å². The number of carboxylic acid groups (broad SMARTS) is 1. The van der Waals surface area contributed by atoms with E-state index in [4.69, 9.17) is 24.1 Å². The largest absolute Gasteiger partial charge is 0.481 e. The van der Waals surface area contributed by atoms with E-state index in [2.05, 4.69) is 20.8 Å². The molecule has 120 valence electrons. The van der Waals surface area contributed by atoms with Gasteiger partial charge in [0, 0.05) is 0 Å². The van der Waals surface area contributed by atoms with Crippen molar-refractivity contribution in [1.29, 1.82) is 0 Å². The summed E-state index contributed by atoms with van der Waals surface area (Å²) >= 11 is 0. The molecule has 0 radical (unpaired) electrons. The van der Waals surface area contributed by atoms with Gasteiger partial charge in [-0.1, -0.05) is 20.8 Å².